The van der Waals surface area contributed by atoms with Crippen molar-refractivity contribution < 1.29 is 19.0 Å². The molecule has 1 amide bonds. The monoisotopic (exact) mass is 494 g/mol. The van der Waals surface area contributed by atoms with Gasteiger partial charge in [0.15, 0.2) is 17.3 Å². The Kier molecular flexibility index (Phi) is 7.97. The van der Waals surface area contributed by atoms with Crippen LogP contribution in [0.3, 0.4) is 0 Å². The van der Waals surface area contributed by atoms with Gasteiger partial charge in [-0.3, -0.25) is 4.79 Å². The van der Waals surface area contributed by atoms with E-state index in [9.17, 15) is 4.79 Å². The van der Waals surface area contributed by atoms with Crippen LogP contribution < -0.4 is 24.4 Å². The molecule has 35 heavy (non-hydrogen) atoms. The van der Waals surface area contributed by atoms with Gasteiger partial charge in [-0.25, -0.2) is 9.97 Å². The van der Waals surface area contributed by atoms with Crippen LogP contribution in [0.1, 0.15) is 18.4 Å². The molecule has 1 aromatic heterocycles. The molecule has 1 atom stereocenters. The Labute approximate surface area is 210 Å². The first-order chi connectivity index (χ1) is 17.0. The average Bonchev–Trinajstić information content (AvgIpc) is 2.88. The van der Waals surface area contributed by atoms with Crippen molar-refractivity contribution in [2.75, 3.05) is 44.6 Å². The van der Waals surface area contributed by atoms with Crippen molar-refractivity contribution in [1.82, 2.24) is 9.97 Å². The molecule has 0 bridgehead atoms. The number of benzene rings is 2. The van der Waals surface area contributed by atoms with Crippen LogP contribution in [-0.2, 0) is 4.79 Å². The van der Waals surface area contributed by atoms with Crippen molar-refractivity contribution in [3.05, 3.63) is 54.4 Å². The summed E-state index contributed by atoms with van der Waals surface area (Å²) >= 11 is 1.59. The quantitative estimate of drug-likeness (QED) is 0.477. The fraction of sp³-hybridized carbons (Fsp3) is 0.346. The van der Waals surface area contributed by atoms with Crippen LogP contribution in [0.25, 0.3) is 0 Å². The number of amides is 1. The number of aryl methyl sites for hydroxylation is 1. The van der Waals surface area contributed by atoms with E-state index in [1.54, 1.807) is 57.6 Å². The Morgan fingerprint density at radius 1 is 1.06 bits per heavy atom. The highest BCUT2D eigenvalue weighted by Crippen LogP contribution is 2.40. The summed E-state index contributed by atoms with van der Waals surface area (Å²) in [6.45, 7) is 3.47. The molecule has 1 aliphatic heterocycles. The van der Waals surface area contributed by atoms with Crippen molar-refractivity contribution in [3.8, 4) is 17.2 Å². The lowest BCUT2D eigenvalue weighted by molar-refractivity contribution is -0.120. The molecule has 1 aliphatic rings. The minimum Gasteiger partial charge on any atom is -0.493 e. The molecule has 0 saturated carbocycles. The fourth-order valence-electron chi connectivity index (χ4n) is 4.18. The van der Waals surface area contributed by atoms with Crippen molar-refractivity contribution in [2.45, 2.75) is 29.7 Å². The van der Waals surface area contributed by atoms with Crippen LogP contribution in [-0.4, -0.2) is 50.3 Å². The second kappa shape index (κ2) is 11.3. The lowest BCUT2D eigenvalue weighted by Crippen LogP contribution is -2.41. The number of methoxy groups -OCH3 is 3. The predicted octanol–water partition coefficient (Wildman–Crippen LogP) is 4.82. The SMILES string of the molecule is COc1cc(NC(=O)[C@H]2CCCN(c3nccnc3Sc3cccc(C)c3)C2)cc(OC)c1OC. The molecule has 2 aromatic carbocycles. The minimum atomic E-state index is -0.193. The third-order valence-electron chi connectivity index (χ3n) is 5.87. The van der Waals surface area contributed by atoms with Crippen molar-refractivity contribution >= 4 is 29.2 Å². The number of hydrogen-bond donors (Lipinski definition) is 1. The molecule has 2 heterocycles. The van der Waals surface area contributed by atoms with E-state index in [-0.39, 0.29) is 11.8 Å². The summed E-state index contributed by atoms with van der Waals surface area (Å²) in [5.74, 6) is 2.03. The molecule has 0 spiro atoms. The summed E-state index contributed by atoms with van der Waals surface area (Å²) in [6.07, 6.45) is 5.10. The number of nitrogens with zero attached hydrogens (tertiary/aromatic N) is 3. The largest absolute Gasteiger partial charge is 0.493 e. The number of piperidine rings is 1. The van der Waals surface area contributed by atoms with E-state index in [0.29, 0.717) is 29.5 Å². The van der Waals surface area contributed by atoms with Gasteiger partial charge in [-0.15, -0.1) is 0 Å². The number of ether oxygens (including phenoxy) is 3. The summed E-state index contributed by atoms with van der Waals surface area (Å²) in [7, 11) is 4.65. The Hall–Kier alpha value is -3.46. The molecule has 1 saturated heterocycles. The molecular weight excluding hydrogens is 464 g/mol. The number of hydrogen-bond acceptors (Lipinski definition) is 8. The van der Waals surface area contributed by atoms with Crippen LogP contribution in [0.5, 0.6) is 17.2 Å². The summed E-state index contributed by atoms with van der Waals surface area (Å²) in [5, 5.41) is 3.86. The second-order valence-corrected chi connectivity index (χ2v) is 9.35. The smallest absolute Gasteiger partial charge is 0.229 e. The topological polar surface area (TPSA) is 85.8 Å². The van der Waals surface area contributed by atoms with E-state index >= 15 is 0 Å². The Morgan fingerprint density at radius 3 is 2.49 bits per heavy atom. The maximum Gasteiger partial charge on any atom is 0.229 e. The molecule has 0 unspecified atom stereocenters. The Bertz CT molecular complexity index is 1160. The van der Waals surface area contributed by atoms with Gasteiger partial charge >= 0.3 is 0 Å². The number of rotatable bonds is 8. The van der Waals surface area contributed by atoms with E-state index in [1.807, 2.05) is 6.07 Å². The van der Waals surface area contributed by atoms with Gasteiger partial charge in [0, 0.05) is 48.2 Å². The van der Waals surface area contributed by atoms with E-state index < -0.39 is 0 Å². The normalized spacial score (nSPS) is 15.4. The van der Waals surface area contributed by atoms with E-state index in [0.717, 1.165) is 35.1 Å². The molecular formula is C26H30N4O4S. The summed E-state index contributed by atoms with van der Waals surface area (Å²) in [6, 6.07) is 11.8. The van der Waals surface area contributed by atoms with Gasteiger partial charge < -0.3 is 24.4 Å². The third kappa shape index (κ3) is 5.79. The molecule has 9 heteroatoms. The van der Waals surface area contributed by atoms with Crippen LogP contribution >= 0.6 is 11.8 Å². The van der Waals surface area contributed by atoms with Crippen molar-refractivity contribution in [2.24, 2.45) is 5.92 Å². The van der Waals surface area contributed by atoms with E-state index in [1.165, 1.54) is 5.56 Å². The summed E-state index contributed by atoms with van der Waals surface area (Å²) in [5.41, 5.74) is 1.79. The molecule has 184 valence electrons. The van der Waals surface area contributed by atoms with Crippen LogP contribution in [0, 0.1) is 12.8 Å². The lowest BCUT2D eigenvalue weighted by atomic mass is 9.97. The zero-order valence-corrected chi connectivity index (χ0v) is 21.2. The number of carbonyl (C=O) groups excluding carboxylic acids is 1. The highest BCUT2D eigenvalue weighted by atomic mass is 32.2. The van der Waals surface area contributed by atoms with Gasteiger partial charge in [-0.05, 0) is 31.9 Å². The van der Waals surface area contributed by atoms with Gasteiger partial charge in [0.1, 0.15) is 5.03 Å². The molecule has 0 aliphatic carbocycles. The van der Waals surface area contributed by atoms with Crippen LogP contribution in [0.4, 0.5) is 11.5 Å². The predicted molar refractivity (Wildman–Crippen MR) is 137 cm³/mol. The first kappa shape index (κ1) is 24.7. The highest BCUT2D eigenvalue weighted by molar-refractivity contribution is 7.99. The molecule has 3 aromatic rings. The second-order valence-electron chi connectivity index (χ2n) is 8.29. The van der Waals surface area contributed by atoms with E-state index in [2.05, 4.69) is 45.3 Å². The van der Waals surface area contributed by atoms with Gasteiger partial charge in [-0.2, -0.15) is 0 Å². The Morgan fingerprint density at radius 2 is 1.80 bits per heavy atom. The highest BCUT2D eigenvalue weighted by Gasteiger charge is 2.29. The molecule has 8 nitrogen and oxygen atoms in total. The molecule has 4 rings (SSSR count). The van der Waals surface area contributed by atoms with Crippen LogP contribution in [0.2, 0.25) is 0 Å². The Balaban J connectivity index is 1.50. The summed E-state index contributed by atoms with van der Waals surface area (Å²) in [4.78, 5) is 25.7. The van der Waals surface area contributed by atoms with E-state index in [4.69, 9.17) is 14.2 Å². The zero-order valence-electron chi connectivity index (χ0n) is 20.4. The zero-order chi connectivity index (χ0) is 24.8. The third-order valence-corrected chi connectivity index (χ3v) is 6.85. The maximum atomic E-state index is 13.2. The maximum absolute atomic E-state index is 13.2. The van der Waals surface area contributed by atoms with Gasteiger partial charge in [0.2, 0.25) is 11.7 Å². The van der Waals surface area contributed by atoms with Gasteiger partial charge in [0.25, 0.3) is 0 Å². The average molecular weight is 495 g/mol. The standard InChI is InChI=1S/C26H30N4O4S/c1-17-7-5-9-20(13-17)35-26-24(27-10-11-28-26)30-12-6-8-18(16-30)25(31)29-19-14-21(32-2)23(34-4)22(15-19)33-3/h5,7,9-11,13-15,18H,6,8,12,16H2,1-4H3,(H,29,31)/t18-/m0/s1. The lowest BCUT2D eigenvalue weighted by Gasteiger charge is -2.33. The first-order valence-electron chi connectivity index (χ1n) is 11.4. The fourth-order valence-corrected chi connectivity index (χ4v) is 5.18. The molecule has 1 N–H and O–H groups in total. The van der Waals surface area contributed by atoms with Crippen molar-refractivity contribution in [1.29, 1.82) is 0 Å². The van der Waals surface area contributed by atoms with Crippen LogP contribution in [0.15, 0.2) is 58.7 Å². The first-order valence-corrected chi connectivity index (χ1v) is 12.3. The van der Waals surface area contributed by atoms with Gasteiger partial charge in [0.05, 0.1) is 27.2 Å². The van der Waals surface area contributed by atoms with Gasteiger partial charge in [-0.1, -0.05) is 29.5 Å². The molecule has 0 radical (unpaired) electrons. The van der Waals surface area contributed by atoms with Crippen molar-refractivity contribution in [3.63, 3.8) is 0 Å². The number of aromatic nitrogens is 2. The number of anilines is 2. The molecule has 1 fully saturated rings. The number of carbonyl (C=O) groups is 1. The number of nitrogens with one attached hydrogen (secondary N) is 1. The minimum absolute atomic E-state index is 0.0549. The summed E-state index contributed by atoms with van der Waals surface area (Å²) < 4.78 is 16.2.